The molecule has 0 fully saturated rings. The Kier molecular flexibility index (Phi) is 4.58. The molecule has 2 rings (SSSR count). The highest BCUT2D eigenvalue weighted by Gasteiger charge is 2.09. The van der Waals surface area contributed by atoms with Crippen LogP contribution in [-0.4, -0.2) is 4.92 Å². The number of benzene rings is 2. The van der Waals surface area contributed by atoms with E-state index < -0.39 is 4.92 Å². The molecule has 0 aliphatic heterocycles. The molecule has 20 heavy (non-hydrogen) atoms. The van der Waals surface area contributed by atoms with Gasteiger partial charge in [0.2, 0.25) is 0 Å². The van der Waals surface area contributed by atoms with Crippen LogP contribution < -0.4 is 5.32 Å². The van der Waals surface area contributed by atoms with Crippen molar-refractivity contribution in [2.45, 2.75) is 19.9 Å². The van der Waals surface area contributed by atoms with E-state index in [-0.39, 0.29) is 5.69 Å². The monoisotopic (exact) mass is 290 g/mol. The number of halogens is 1. The second-order valence-corrected chi connectivity index (χ2v) is 4.80. The van der Waals surface area contributed by atoms with Crippen LogP contribution in [0.3, 0.4) is 0 Å². The van der Waals surface area contributed by atoms with E-state index in [0.29, 0.717) is 17.3 Å². The van der Waals surface area contributed by atoms with Crippen LogP contribution in [-0.2, 0) is 13.0 Å². The van der Waals surface area contributed by atoms with Gasteiger partial charge in [0.1, 0.15) is 0 Å². The van der Waals surface area contributed by atoms with E-state index in [2.05, 4.69) is 24.4 Å². The zero-order chi connectivity index (χ0) is 14.5. The Labute approximate surface area is 122 Å². The summed E-state index contributed by atoms with van der Waals surface area (Å²) in [4.78, 5) is 10.2. The molecule has 0 radical (unpaired) electrons. The van der Waals surface area contributed by atoms with Crippen LogP contribution in [0.1, 0.15) is 18.1 Å². The van der Waals surface area contributed by atoms with Gasteiger partial charge in [-0.1, -0.05) is 42.8 Å². The standard InChI is InChI=1S/C15H15ClN2O2/c1-2-11-5-3-4-6-12(11)10-17-15-8-7-13(18(19)20)9-14(15)16/h3-9,17H,2,10H2,1H3. The van der Waals surface area contributed by atoms with Gasteiger partial charge in [-0.15, -0.1) is 0 Å². The van der Waals surface area contributed by atoms with Crippen molar-refractivity contribution in [1.29, 1.82) is 0 Å². The van der Waals surface area contributed by atoms with E-state index in [4.69, 9.17) is 11.6 Å². The van der Waals surface area contributed by atoms with Crippen molar-refractivity contribution >= 4 is 23.0 Å². The van der Waals surface area contributed by atoms with Gasteiger partial charge in [-0.05, 0) is 23.6 Å². The van der Waals surface area contributed by atoms with E-state index in [1.54, 1.807) is 6.07 Å². The average molecular weight is 291 g/mol. The molecule has 0 saturated carbocycles. The topological polar surface area (TPSA) is 55.2 Å². The number of non-ortho nitro benzene ring substituents is 1. The van der Waals surface area contributed by atoms with Gasteiger partial charge in [-0.2, -0.15) is 0 Å². The van der Waals surface area contributed by atoms with Crippen molar-refractivity contribution in [2.75, 3.05) is 5.32 Å². The molecular weight excluding hydrogens is 276 g/mol. The van der Waals surface area contributed by atoms with Gasteiger partial charge in [-0.25, -0.2) is 0 Å². The van der Waals surface area contributed by atoms with Gasteiger partial charge in [0.25, 0.3) is 5.69 Å². The Bertz CT molecular complexity index is 629. The fraction of sp³-hybridized carbons (Fsp3) is 0.200. The molecular formula is C15H15ClN2O2. The summed E-state index contributed by atoms with van der Waals surface area (Å²) in [6.07, 6.45) is 0.964. The normalized spacial score (nSPS) is 10.3. The lowest BCUT2D eigenvalue weighted by Gasteiger charge is -2.11. The van der Waals surface area contributed by atoms with Crippen molar-refractivity contribution in [3.05, 3.63) is 68.7 Å². The van der Waals surface area contributed by atoms with E-state index in [1.165, 1.54) is 23.3 Å². The largest absolute Gasteiger partial charge is 0.380 e. The Balaban J connectivity index is 2.13. The van der Waals surface area contributed by atoms with Gasteiger partial charge in [0, 0.05) is 18.7 Å². The van der Waals surface area contributed by atoms with Crippen molar-refractivity contribution in [3.8, 4) is 0 Å². The Hall–Kier alpha value is -2.07. The molecule has 0 aliphatic carbocycles. The van der Waals surface area contributed by atoms with Gasteiger partial charge in [0.05, 0.1) is 15.6 Å². The quantitative estimate of drug-likeness (QED) is 0.655. The molecule has 0 aromatic heterocycles. The first-order chi connectivity index (χ1) is 9.61. The van der Waals surface area contributed by atoms with Crippen LogP contribution in [0, 0.1) is 10.1 Å². The van der Waals surface area contributed by atoms with Crippen LogP contribution >= 0.6 is 11.6 Å². The van der Waals surface area contributed by atoms with Crippen molar-refractivity contribution < 1.29 is 4.92 Å². The number of aryl methyl sites for hydroxylation is 1. The van der Waals surface area contributed by atoms with Gasteiger partial charge in [0.15, 0.2) is 0 Å². The molecule has 0 saturated heterocycles. The smallest absolute Gasteiger partial charge is 0.271 e. The number of nitro groups is 1. The summed E-state index contributed by atoms with van der Waals surface area (Å²) < 4.78 is 0. The molecule has 0 bridgehead atoms. The van der Waals surface area contributed by atoms with Crippen molar-refractivity contribution in [1.82, 2.24) is 0 Å². The molecule has 104 valence electrons. The third-order valence-electron chi connectivity index (χ3n) is 3.13. The third kappa shape index (κ3) is 3.27. The summed E-state index contributed by atoms with van der Waals surface area (Å²) in [5.41, 5.74) is 3.17. The van der Waals surface area contributed by atoms with Crippen LogP contribution in [0.25, 0.3) is 0 Å². The number of hydrogen-bond donors (Lipinski definition) is 1. The zero-order valence-corrected chi connectivity index (χ0v) is 11.9. The molecule has 0 spiro atoms. The van der Waals surface area contributed by atoms with E-state index in [0.717, 1.165) is 6.42 Å². The lowest BCUT2D eigenvalue weighted by Crippen LogP contribution is -2.03. The second kappa shape index (κ2) is 6.39. The molecule has 4 nitrogen and oxygen atoms in total. The third-order valence-corrected chi connectivity index (χ3v) is 3.44. The zero-order valence-electron chi connectivity index (χ0n) is 11.1. The number of nitrogens with zero attached hydrogens (tertiary/aromatic N) is 1. The number of nitrogens with one attached hydrogen (secondary N) is 1. The Morgan fingerprint density at radius 2 is 1.90 bits per heavy atom. The number of hydrogen-bond acceptors (Lipinski definition) is 3. The minimum absolute atomic E-state index is 0.00508. The Morgan fingerprint density at radius 3 is 2.50 bits per heavy atom. The minimum atomic E-state index is -0.456. The molecule has 0 atom stereocenters. The maximum atomic E-state index is 10.7. The summed E-state index contributed by atoms with van der Waals surface area (Å²) in [6.45, 7) is 2.75. The van der Waals surface area contributed by atoms with Crippen LogP contribution in [0.5, 0.6) is 0 Å². The Morgan fingerprint density at radius 1 is 1.20 bits per heavy atom. The van der Waals surface area contributed by atoms with Crippen LogP contribution in [0.4, 0.5) is 11.4 Å². The summed E-state index contributed by atoms with van der Waals surface area (Å²) in [7, 11) is 0. The SMILES string of the molecule is CCc1ccccc1CNc1ccc([N+](=O)[O-])cc1Cl. The maximum Gasteiger partial charge on any atom is 0.271 e. The first-order valence-electron chi connectivity index (χ1n) is 6.36. The van der Waals surface area contributed by atoms with Gasteiger partial charge >= 0.3 is 0 Å². The first kappa shape index (κ1) is 14.3. The highest BCUT2D eigenvalue weighted by atomic mass is 35.5. The molecule has 0 amide bonds. The molecule has 1 N–H and O–H groups in total. The summed E-state index contributed by atoms with van der Waals surface area (Å²) in [5, 5.41) is 14.2. The number of anilines is 1. The highest BCUT2D eigenvalue weighted by molar-refractivity contribution is 6.33. The fourth-order valence-electron chi connectivity index (χ4n) is 2.03. The molecule has 0 heterocycles. The second-order valence-electron chi connectivity index (χ2n) is 4.40. The van der Waals surface area contributed by atoms with Crippen molar-refractivity contribution in [2.24, 2.45) is 0 Å². The van der Waals surface area contributed by atoms with E-state index in [1.807, 2.05) is 12.1 Å². The molecule has 0 aliphatic rings. The highest BCUT2D eigenvalue weighted by Crippen LogP contribution is 2.27. The van der Waals surface area contributed by atoms with Gasteiger partial charge < -0.3 is 5.32 Å². The average Bonchev–Trinajstić information content (AvgIpc) is 2.46. The summed E-state index contributed by atoms with van der Waals surface area (Å²) in [5.74, 6) is 0. The van der Waals surface area contributed by atoms with E-state index >= 15 is 0 Å². The molecule has 2 aromatic carbocycles. The van der Waals surface area contributed by atoms with Gasteiger partial charge in [-0.3, -0.25) is 10.1 Å². The van der Waals surface area contributed by atoms with E-state index in [9.17, 15) is 10.1 Å². The van der Waals surface area contributed by atoms with Crippen molar-refractivity contribution in [3.63, 3.8) is 0 Å². The molecule has 5 heteroatoms. The minimum Gasteiger partial charge on any atom is -0.380 e. The molecule has 0 unspecified atom stereocenters. The predicted octanol–water partition coefficient (Wildman–Crippen LogP) is 4.42. The summed E-state index contributed by atoms with van der Waals surface area (Å²) >= 11 is 6.05. The predicted molar refractivity (Wildman–Crippen MR) is 81.3 cm³/mol. The first-order valence-corrected chi connectivity index (χ1v) is 6.74. The van der Waals surface area contributed by atoms with Crippen LogP contribution in [0.2, 0.25) is 5.02 Å². The van der Waals surface area contributed by atoms with Crippen LogP contribution in [0.15, 0.2) is 42.5 Å². The number of rotatable bonds is 5. The maximum absolute atomic E-state index is 10.7. The molecule has 2 aromatic rings. The number of nitro benzene ring substituents is 1. The fourth-order valence-corrected chi connectivity index (χ4v) is 2.27. The lowest BCUT2D eigenvalue weighted by atomic mass is 10.1. The lowest BCUT2D eigenvalue weighted by molar-refractivity contribution is -0.384. The summed E-state index contributed by atoms with van der Waals surface area (Å²) in [6, 6.07) is 12.6.